The molecule has 0 unspecified atom stereocenters. The Morgan fingerprint density at radius 1 is 0.882 bits per heavy atom. The van der Waals surface area contributed by atoms with E-state index in [9.17, 15) is 5.11 Å². The first-order chi connectivity index (χ1) is 8.13. The average molecular weight is 306 g/mol. The summed E-state index contributed by atoms with van der Waals surface area (Å²) in [5.41, 5.74) is 1.88. The molecule has 1 aromatic rings. The number of benzene rings is 1. The van der Waals surface area contributed by atoms with Gasteiger partial charge in [0.25, 0.3) is 0 Å². The Kier molecular flexibility index (Phi) is 11.6. The first kappa shape index (κ1) is 17.3. The van der Waals surface area contributed by atoms with Crippen LogP contribution in [0.3, 0.4) is 0 Å². The number of phenols is 1. The number of halogens is 2. The molecule has 17 heavy (non-hydrogen) atoms. The normalized spacial score (nSPS) is 12.9. The fourth-order valence-corrected chi connectivity index (χ4v) is 1.13. The second-order valence-electron chi connectivity index (χ2n) is 3.27. The van der Waals surface area contributed by atoms with Crippen molar-refractivity contribution in [2.24, 2.45) is 0 Å². The Bertz CT molecular complexity index is 274. The van der Waals surface area contributed by atoms with Crippen LogP contribution in [0, 0.1) is 46.0 Å². The topological polar surface area (TPSA) is 20.2 Å². The Labute approximate surface area is 121 Å². The molecule has 1 saturated carbocycles. The molecule has 5 radical (unpaired) electrons. The van der Waals surface area contributed by atoms with Crippen molar-refractivity contribution in [2.45, 2.75) is 13.8 Å². The molecule has 0 atom stereocenters. The van der Waals surface area contributed by atoms with Gasteiger partial charge in [-0.1, -0.05) is 18.2 Å². The van der Waals surface area contributed by atoms with E-state index in [0.717, 1.165) is 11.1 Å². The van der Waals surface area contributed by atoms with Gasteiger partial charge in [0.1, 0.15) is 5.75 Å². The molecule has 1 aliphatic carbocycles. The fraction of sp³-hybridized carbons (Fsp3) is 0.154. The SMILES string of the molecule is Cc1cccc(C)c1O.[CH]1[CH][CH][CH][CH]1.[Cl][Ti][Cl]. The van der Waals surface area contributed by atoms with Crippen molar-refractivity contribution in [3.8, 4) is 5.75 Å². The van der Waals surface area contributed by atoms with Crippen LogP contribution in [0.15, 0.2) is 18.2 Å². The third kappa shape index (κ3) is 8.96. The molecule has 0 spiro atoms. The molecule has 1 nitrogen and oxygen atoms in total. The summed E-state index contributed by atoms with van der Waals surface area (Å²) in [6.07, 6.45) is 10.0. The van der Waals surface area contributed by atoms with Crippen molar-refractivity contribution >= 4 is 18.6 Å². The van der Waals surface area contributed by atoms with Gasteiger partial charge in [0.15, 0.2) is 0 Å². The summed E-state index contributed by atoms with van der Waals surface area (Å²) in [5, 5.41) is 9.21. The van der Waals surface area contributed by atoms with Crippen LogP contribution in [0.2, 0.25) is 0 Å². The predicted octanol–water partition coefficient (Wildman–Crippen LogP) is 4.41. The minimum absolute atomic E-state index is 0.414. The summed E-state index contributed by atoms with van der Waals surface area (Å²) >= 11 is -0.556. The number of aryl methyl sites for hydroxylation is 2. The first-order valence-corrected chi connectivity index (χ1v) is 9.31. The Morgan fingerprint density at radius 2 is 1.18 bits per heavy atom. The summed E-state index contributed by atoms with van der Waals surface area (Å²) in [5.74, 6) is 0.414. The van der Waals surface area contributed by atoms with E-state index in [4.69, 9.17) is 18.6 Å². The van der Waals surface area contributed by atoms with E-state index >= 15 is 0 Å². The van der Waals surface area contributed by atoms with Gasteiger partial charge in [0, 0.05) is 0 Å². The quantitative estimate of drug-likeness (QED) is 0.704. The molecule has 0 heterocycles. The second-order valence-corrected chi connectivity index (χ2v) is 5.85. The minimum atomic E-state index is -0.556. The number of hydrogen-bond donors (Lipinski definition) is 1. The van der Waals surface area contributed by atoms with Crippen LogP contribution in [0.4, 0.5) is 0 Å². The number of rotatable bonds is 0. The number of hydrogen-bond acceptors (Lipinski definition) is 1. The van der Waals surface area contributed by atoms with E-state index in [1.807, 2.05) is 64.2 Å². The van der Waals surface area contributed by atoms with E-state index in [1.165, 1.54) is 0 Å². The molecular formula is C13H15Cl2OTi. The maximum atomic E-state index is 9.21. The van der Waals surface area contributed by atoms with Gasteiger partial charge in [-0.2, -0.15) is 0 Å². The first-order valence-electron chi connectivity index (χ1n) is 5.01. The second kappa shape index (κ2) is 11.4. The Balaban J connectivity index is 0.000000270. The van der Waals surface area contributed by atoms with Crippen LogP contribution >= 0.6 is 18.6 Å². The molecule has 0 aliphatic heterocycles. The molecule has 0 bridgehead atoms. The third-order valence-corrected chi connectivity index (χ3v) is 2.00. The predicted molar refractivity (Wildman–Crippen MR) is 70.8 cm³/mol. The number of para-hydroxylation sites is 1. The molecule has 1 aromatic carbocycles. The molecule has 2 rings (SSSR count). The summed E-state index contributed by atoms with van der Waals surface area (Å²) in [6.45, 7) is 3.78. The van der Waals surface area contributed by atoms with Crippen LogP contribution in [0.1, 0.15) is 11.1 Å². The molecule has 0 amide bonds. The van der Waals surface area contributed by atoms with Crippen LogP contribution in [0.5, 0.6) is 5.75 Å². The third-order valence-electron chi connectivity index (χ3n) is 2.00. The van der Waals surface area contributed by atoms with E-state index in [-0.39, 0.29) is 0 Å². The molecule has 1 fully saturated rings. The van der Waals surface area contributed by atoms with E-state index < -0.39 is 17.0 Å². The number of aromatic hydroxyl groups is 1. The van der Waals surface area contributed by atoms with E-state index in [2.05, 4.69) is 0 Å². The maximum absolute atomic E-state index is 9.21. The van der Waals surface area contributed by atoms with Crippen LogP contribution in [0.25, 0.3) is 0 Å². The van der Waals surface area contributed by atoms with Gasteiger partial charge in [-0.3, -0.25) is 0 Å². The number of phenolic OH excluding ortho intramolecular Hbond substituents is 1. The van der Waals surface area contributed by atoms with Crippen molar-refractivity contribution in [3.05, 3.63) is 61.4 Å². The Hall–Kier alpha value is 0.314. The molecule has 0 aromatic heterocycles. The zero-order valence-corrected chi connectivity index (χ0v) is 12.9. The van der Waals surface area contributed by atoms with Crippen molar-refractivity contribution in [3.63, 3.8) is 0 Å². The van der Waals surface area contributed by atoms with Gasteiger partial charge in [-0.15, -0.1) is 0 Å². The van der Waals surface area contributed by atoms with E-state index in [0.29, 0.717) is 5.75 Å². The fourth-order valence-electron chi connectivity index (χ4n) is 1.13. The van der Waals surface area contributed by atoms with Crippen molar-refractivity contribution in [2.75, 3.05) is 0 Å². The monoisotopic (exact) mass is 305 g/mol. The molecular weight excluding hydrogens is 291 g/mol. The van der Waals surface area contributed by atoms with Crippen LogP contribution < -0.4 is 0 Å². The zero-order chi connectivity index (χ0) is 13.1. The standard InChI is InChI=1S/C8H10O.C5H5.2ClH.Ti/c1-6-4-3-5-7(2)8(6)9;1-2-4-5-3-1;;;/h3-5,9H,1-2H3;1-5H;2*1H;/q;;;;+2/p-2. The molecule has 91 valence electrons. The van der Waals surface area contributed by atoms with Crippen molar-refractivity contribution in [1.82, 2.24) is 0 Å². The Morgan fingerprint density at radius 3 is 1.41 bits per heavy atom. The van der Waals surface area contributed by atoms with E-state index in [1.54, 1.807) is 0 Å². The van der Waals surface area contributed by atoms with Crippen LogP contribution in [-0.2, 0) is 17.0 Å². The summed E-state index contributed by atoms with van der Waals surface area (Å²) in [7, 11) is 9.78. The van der Waals surface area contributed by atoms with Gasteiger partial charge >= 0.3 is 35.6 Å². The van der Waals surface area contributed by atoms with Gasteiger partial charge in [-0.05, 0) is 57.1 Å². The van der Waals surface area contributed by atoms with Gasteiger partial charge in [-0.25, -0.2) is 0 Å². The molecule has 4 heteroatoms. The summed E-state index contributed by atoms with van der Waals surface area (Å²) < 4.78 is 0. The summed E-state index contributed by atoms with van der Waals surface area (Å²) in [6, 6.07) is 5.72. The average Bonchev–Trinajstić information content (AvgIpc) is 2.85. The van der Waals surface area contributed by atoms with Gasteiger partial charge in [0.05, 0.1) is 0 Å². The van der Waals surface area contributed by atoms with Crippen molar-refractivity contribution in [1.29, 1.82) is 0 Å². The zero-order valence-electron chi connectivity index (χ0n) is 9.82. The molecule has 0 saturated heterocycles. The van der Waals surface area contributed by atoms with Crippen LogP contribution in [-0.4, -0.2) is 5.11 Å². The van der Waals surface area contributed by atoms with Gasteiger partial charge in [0.2, 0.25) is 0 Å². The van der Waals surface area contributed by atoms with Crippen molar-refractivity contribution < 1.29 is 22.1 Å². The summed E-state index contributed by atoms with van der Waals surface area (Å²) in [4.78, 5) is 0. The molecule has 1 N–H and O–H groups in total. The van der Waals surface area contributed by atoms with Gasteiger partial charge < -0.3 is 5.11 Å². The molecule has 1 aliphatic rings.